The number of benzene rings is 2. The van der Waals surface area contributed by atoms with Gasteiger partial charge in [-0.15, -0.1) is 0 Å². The standard InChI is InChI=1S/C29H35FN2O4/c1-5-31-19-25(12-15-27(31)33)23-8-6-21(7-9-23)20(2)32(28(34)35)17-16-24(18-29(3,4)36)22-10-13-26(30)14-11-22/h6-15,19-20,24,36H,5,16-18H2,1-4H3,(H,34,35)/t20-,24+/m0/s1. The van der Waals surface area contributed by atoms with Crippen molar-refractivity contribution in [3.8, 4) is 11.1 Å². The van der Waals surface area contributed by atoms with Crippen LogP contribution in [0.15, 0.2) is 71.7 Å². The van der Waals surface area contributed by atoms with Crippen molar-refractivity contribution in [2.45, 2.75) is 64.6 Å². The van der Waals surface area contributed by atoms with Crippen LogP contribution >= 0.6 is 0 Å². The molecule has 2 atom stereocenters. The molecule has 2 aromatic carbocycles. The SMILES string of the molecule is CCn1cc(-c2ccc([C@H](C)N(CC[C@H](CC(C)(C)O)c3ccc(F)cc3)C(=O)O)cc2)ccc1=O. The van der Waals surface area contributed by atoms with E-state index in [0.29, 0.717) is 19.4 Å². The molecule has 0 aliphatic rings. The Balaban J connectivity index is 1.78. The Morgan fingerprint density at radius 1 is 1.00 bits per heavy atom. The molecule has 1 aromatic heterocycles. The molecule has 0 saturated carbocycles. The minimum absolute atomic E-state index is 0.0490. The highest BCUT2D eigenvalue weighted by atomic mass is 19.1. The Hall–Kier alpha value is -3.45. The zero-order valence-corrected chi connectivity index (χ0v) is 21.3. The third-order valence-corrected chi connectivity index (χ3v) is 6.57. The molecule has 2 N–H and O–H groups in total. The summed E-state index contributed by atoms with van der Waals surface area (Å²) < 4.78 is 15.1. The van der Waals surface area contributed by atoms with Crippen LogP contribution in [0.1, 0.15) is 63.6 Å². The van der Waals surface area contributed by atoms with Crippen molar-refractivity contribution in [1.29, 1.82) is 0 Å². The predicted octanol–water partition coefficient (Wildman–Crippen LogP) is 6.05. The van der Waals surface area contributed by atoms with Gasteiger partial charge in [-0.2, -0.15) is 0 Å². The molecule has 7 heteroatoms. The molecule has 3 rings (SSSR count). The molecule has 0 aliphatic carbocycles. The smallest absolute Gasteiger partial charge is 0.407 e. The lowest BCUT2D eigenvalue weighted by atomic mass is 9.85. The highest BCUT2D eigenvalue weighted by molar-refractivity contribution is 5.66. The number of hydrogen-bond donors (Lipinski definition) is 2. The lowest BCUT2D eigenvalue weighted by molar-refractivity contribution is 0.0598. The number of aromatic nitrogens is 1. The van der Waals surface area contributed by atoms with Crippen LogP contribution in [-0.2, 0) is 6.54 Å². The lowest BCUT2D eigenvalue weighted by Gasteiger charge is -2.31. The molecule has 0 unspecified atom stereocenters. The van der Waals surface area contributed by atoms with E-state index >= 15 is 0 Å². The molecule has 3 aromatic rings. The van der Waals surface area contributed by atoms with Gasteiger partial charge in [0.05, 0.1) is 11.6 Å². The Morgan fingerprint density at radius 3 is 2.14 bits per heavy atom. The first-order valence-corrected chi connectivity index (χ1v) is 12.3. The van der Waals surface area contributed by atoms with Crippen molar-refractivity contribution in [3.63, 3.8) is 0 Å². The topological polar surface area (TPSA) is 82.8 Å². The number of aliphatic hydroxyl groups is 1. The molecule has 1 heterocycles. The summed E-state index contributed by atoms with van der Waals surface area (Å²) in [5.41, 5.74) is 2.58. The fourth-order valence-electron chi connectivity index (χ4n) is 4.56. The van der Waals surface area contributed by atoms with Crippen LogP contribution in [-0.4, -0.2) is 37.9 Å². The molecule has 0 saturated heterocycles. The van der Waals surface area contributed by atoms with E-state index in [0.717, 1.165) is 22.3 Å². The predicted molar refractivity (Wildman–Crippen MR) is 140 cm³/mol. The molecule has 0 bridgehead atoms. The quantitative estimate of drug-likeness (QED) is 0.359. The second-order valence-electron chi connectivity index (χ2n) is 9.87. The van der Waals surface area contributed by atoms with Gasteiger partial charge in [-0.05, 0) is 86.9 Å². The van der Waals surface area contributed by atoms with Gasteiger partial charge in [-0.3, -0.25) is 4.79 Å². The van der Waals surface area contributed by atoms with E-state index in [1.54, 1.807) is 42.7 Å². The number of carboxylic acid groups (broad SMARTS) is 1. The summed E-state index contributed by atoms with van der Waals surface area (Å²) in [5.74, 6) is -0.463. The van der Waals surface area contributed by atoms with E-state index in [2.05, 4.69) is 0 Å². The number of rotatable bonds is 10. The Bertz CT molecular complexity index is 1210. The average Bonchev–Trinajstić information content (AvgIpc) is 2.83. The van der Waals surface area contributed by atoms with Gasteiger partial charge in [0.1, 0.15) is 5.82 Å². The summed E-state index contributed by atoms with van der Waals surface area (Å²) in [5, 5.41) is 20.4. The maximum Gasteiger partial charge on any atom is 0.407 e. The Morgan fingerprint density at radius 2 is 1.58 bits per heavy atom. The average molecular weight is 495 g/mol. The summed E-state index contributed by atoms with van der Waals surface area (Å²) in [4.78, 5) is 25.5. The summed E-state index contributed by atoms with van der Waals surface area (Å²) >= 11 is 0. The van der Waals surface area contributed by atoms with Crippen LogP contribution in [0.5, 0.6) is 0 Å². The zero-order chi connectivity index (χ0) is 26.5. The molecule has 0 fully saturated rings. The van der Waals surface area contributed by atoms with Crippen LogP contribution in [0.4, 0.5) is 9.18 Å². The molecular formula is C29H35FN2O4. The van der Waals surface area contributed by atoms with Gasteiger partial charge in [0.2, 0.25) is 0 Å². The fraction of sp³-hybridized carbons (Fsp3) is 0.379. The Labute approximate surface area is 211 Å². The number of aryl methyl sites for hydroxylation is 1. The molecular weight excluding hydrogens is 459 g/mol. The largest absolute Gasteiger partial charge is 0.465 e. The van der Waals surface area contributed by atoms with Gasteiger partial charge >= 0.3 is 6.09 Å². The van der Waals surface area contributed by atoms with Crippen molar-refractivity contribution in [3.05, 3.63) is 94.2 Å². The molecule has 0 radical (unpaired) electrons. The number of pyridine rings is 1. The van der Waals surface area contributed by atoms with Crippen molar-refractivity contribution < 1.29 is 19.4 Å². The highest BCUT2D eigenvalue weighted by Gasteiger charge is 2.26. The van der Waals surface area contributed by atoms with Crippen molar-refractivity contribution in [2.24, 2.45) is 0 Å². The van der Waals surface area contributed by atoms with E-state index < -0.39 is 17.7 Å². The van der Waals surface area contributed by atoms with Crippen LogP contribution in [0, 0.1) is 5.82 Å². The maximum atomic E-state index is 13.4. The first kappa shape index (κ1) is 27.1. The summed E-state index contributed by atoms with van der Waals surface area (Å²) in [7, 11) is 0. The van der Waals surface area contributed by atoms with Gasteiger partial charge in [0.15, 0.2) is 0 Å². The van der Waals surface area contributed by atoms with Gasteiger partial charge in [0, 0.05) is 25.4 Å². The molecule has 6 nitrogen and oxygen atoms in total. The van der Waals surface area contributed by atoms with E-state index in [1.165, 1.54) is 17.0 Å². The van der Waals surface area contributed by atoms with E-state index in [1.807, 2.05) is 44.3 Å². The second kappa shape index (κ2) is 11.5. The van der Waals surface area contributed by atoms with Crippen LogP contribution in [0.2, 0.25) is 0 Å². The van der Waals surface area contributed by atoms with Gasteiger partial charge < -0.3 is 19.7 Å². The van der Waals surface area contributed by atoms with Crippen LogP contribution in [0.25, 0.3) is 11.1 Å². The van der Waals surface area contributed by atoms with E-state index in [-0.39, 0.29) is 23.8 Å². The van der Waals surface area contributed by atoms with Crippen molar-refractivity contribution in [2.75, 3.05) is 6.54 Å². The van der Waals surface area contributed by atoms with E-state index in [9.17, 15) is 24.2 Å². The third-order valence-electron chi connectivity index (χ3n) is 6.57. The number of nitrogens with zero attached hydrogens (tertiary/aromatic N) is 2. The third kappa shape index (κ3) is 7.04. The summed E-state index contributed by atoms with van der Waals surface area (Å²) in [6.45, 7) is 8.05. The number of halogens is 1. The first-order valence-electron chi connectivity index (χ1n) is 12.3. The van der Waals surface area contributed by atoms with Gasteiger partial charge in [-0.1, -0.05) is 36.4 Å². The maximum absolute atomic E-state index is 13.4. The van der Waals surface area contributed by atoms with Crippen molar-refractivity contribution >= 4 is 6.09 Å². The van der Waals surface area contributed by atoms with Crippen molar-refractivity contribution in [1.82, 2.24) is 9.47 Å². The molecule has 192 valence electrons. The monoisotopic (exact) mass is 494 g/mol. The number of amides is 1. The number of hydrogen-bond acceptors (Lipinski definition) is 3. The summed E-state index contributed by atoms with van der Waals surface area (Å²) in [6.07, 6.45) is 1.71. The highest BCUT2D eigenvalue weighted by Crippen LogP contribution is 2.31. The van der Waals surface area contributed by atoms with Gasteiger partial charge in [0.25, 0.3) is 5.56 Å². The van der Waals surface area contributed by atoms with Crippen LogP contribution < -0.4 is 5.56 Å². The molecule has 0 aliphatic heterocycles. The van der Waals surface area contributed by atoms with E-state index in [4.69, 9.17) is 0 Å². The molecule has 36 heavy (non-hydrogen) atoms. The fourth-order valence-corrected chi connectivity index (χ4v) is 4.56. The summed E-state index contributed by atoms with van der Waals surface area (Å²) in [6, 6.07) is 16.8. The second-order valence-corrected chi connectivity index (χ2v) is 9.87. The number of carbonyl (C=O) groups is 1. The normalized spacial score (nSPS) is 13.3. The Kier molecular flexibility index (Phi) is 8.69. The zero-order valence-electron chi connectivity index (χ0n) is 21.3. The van der Waals surface area contributed by atoms with Crippen LogP contribution in [0.3, 0.4) is 0 Å². The molecule has 1 amide bonds. The first-order chi connectivity index (χ1) is 17.0. The minimum atomic E-state index is -1.03. The molecule has 0 spiro atoms. The lowest BCUT2D eigenvalue weighted by Crippen LogP contribution is -2.34. The minimum Gasteiger partial charge on any atom is -0.465 e. The van der Waals surface area contributed by atoms with Gasteiger partial charge in [-0.25, -0.2) is 9.18 Å².